The van der Waals surface area contributed by atoms with Gasteiger partial charge in [0.25, 0.3) is 0 Å². The highest BCUT2D eigenvalue weighted by molar-refractivity contribution is 5.99. The molecule has 2 aromatic rings. The number of pyridine rings is 1. The topological polar surface area (TPSA) is 51.2 Å². The van der Waals surface area contributed by atoms with Crippen LogP contribution in [0.15, 0.2) is 48.8 Å². The number of Topliss-reactive ketones (excluding diaryl/α,β-unsaturated/α-hetero) is 1. The summed E-state index contributed by atoms with van der Waals surface area (Å²) in [7, 11) is 1.61. The van der Waals surface area contributed by atoms with Crippen molar-refractivity contribution in [1.82, 2.24) is 10.3 Å². The molecule has 0 aliphatic heterocycles. The highest BCUT2D eigenvalue weighted by Gasteiger charge is 2.14. The Morgan fingerprint density at radius 1 is 1.20 bits per heavy atom. The zero-order valence-corrected chi connectivity index (χ0v) is 11.7. The molecule has 20 heavy (non-hydrogen) atoms. The maximum Gasteiger partial charge on any atom is 0.179 e. The van der Waals surface area contributed by atoms with E-state index in [0.29, 0.717) is 12.1 Å². The Hall–Kier alpha value is -2.20. The van der Waals surface area contributed by atoms with Gasteiger partial charge in [0, 0.05) is 24.5 Å². The minimum Gasteiger partial charge on any atom is -0.497 e. The summed E-state index contributed by atoms with van der Waals surface area (Å²) < 4.78 is 5.08. The average Bonchev–Trinajstić information content (AvgIpc) is 2.53. The number of ether oxygens (including phenoxy) is 1. The normalized spacial score (nSPS) is 11.9. The van der Waals surface area contributed by atoms with Gasteiger partial charge in [0.15, 0.2) is 5.78 Å². The molecule has 0 amide bonds. The van der Waals surface area contributed by atoms with Crippen LogP contribution in [0.2, 0.25) is 0 Å². The monoisotopic (exact) mass is 270 g/mol. The van der Waals surface area contributed by atoms with Gasteiger partial charge in [0.05, 0.1) is 13.2 Å². The zero-order valence-electron chi connectivity index (χ0n) is 11.7. The van der Waals surface area contributed by atoms with Gasteiger partial charge >= 0.3 is 0 Å². The number of hydrogen-bond acceptors (Lipinski definition) is 4. The van der Waals surface area contributed by atoms with Crippen molar-refractivity contribution >= 4 is 5.78 Å². The number of aromatic nitrogens is 1. The number of ketones is 1. The number of rotatable bonds is 6. The van der Waals surface area contributed by atoms with E-state index in [1.807, 2.05) is 19.1 Å². The quantitative estimate of drug-likeness (QED) is 0.819. The second kappa shape index (κ2) is 6.82. The molecule has 4 nitrogen and oxygen atoms in total. The number of nitrogens with zero attached hydrogens (tertiary/aromatic N) is 1. The minimum absolute atomic E-state index is 0.0710. The van der Waals surface area contributed by atoms with Gasteiger partial charge in [0.2, 0.25) is 0 Å². The molecule has 4 heteroatoms. The molecule has 2 rings (SSSR count). The number of carbonyl (C=O) groups is 1. The van der Waals surface area contributed by atoms with Crippen LogP contribution in [0.5, 0.6) is 5.75 Å². The molecule has 104 valence electrons. The Balaban J connectivity index is 1.94. The Labute approximate surface area is 118 Å². The summed E-state index contributed by atoms with van der Waals surface area (Å²) in [6.07, 6.45) is 3.49. The van der Waals surface area contributed by atoms with E-state index in [-0.39, 0.29) is 11.8 Å². The van der Waals surface area contributed by atoms with Crippen LogP contribution in [-0.2, 0) is 6.54 Å². The van der Waals surface area contributed by atoms with Crippen molar-refractivity contribution in [3.05, 3.63) is 59.9 Å². The third-order valence-electron chi connectivity index (χ3n) is 3.13. The van der Waals surface area contributed by atoms with Crippen molar-refractivity contribution in [2.45, 2.75) is 19.5 Å². The maximum atomic E-state index is 12.2. The van der Waals surface area contributed by atoms with E-state index in [1.165, 1.54) is 0 Å². The summed E-state index contributed by atoms with van der Waals surface area (Å²) in [5.74, 6) is 0.820. The van der Waals surface area contributed by atoms with Gasteiger partial charge < -0.3 is 10.1 Å². The first-order valence-corrected chi connectivity index (χ1v) is 6.51. The van der Waals surface area contributed by atoms with Crippen molar-refractivity contribution in [2.24, 2.45) is 0 Å². The van der Waals surface area contributed by atoms with E-state index < -0.39 is 0 Å². The molecule has 0 saturated carbocycles. The van der Waals surface area contributed by atoms with Crippen LogP contribution in [0.3, 0.4) is 0 Å². The molecule has 0 aliphatic carbocycles. The van der Waals surface area contributed by atoms with Gasteiger partial charge in [-0.05, 0) is 48.9 Å². The Kier molecular flexibility index (Phi) is 4.85. The number of hydrogen-bond donors (Lipinski definition) is 1. The Morgan fingerprint density at radius 3 is 2.45 bits per heavy atom. The highest BCUT2D eigenvalue weighted by atomic mass is 16.5. The predicted octanol–water partition coefficient (Wildman–Crippen LogP) is 2.45. The number of methoxy groups -OCH3 is 1. The molecular weight excluding hydrogens is 252 g/mol. The molecule has 0 aliphatic rings. The summed E-state index contributed by atoms with van der Waals surface area (Å²) in [5.41, 5.74) is 1.79. The van der Waals surface area contributed by atoms with Crippen LogP contribution >= 0.6 is 0 Å². The molecule has 1 atom stereocenters. The van der Waals surface area contributed by atoms with Crippen LogP contribution in [0, 0.1) is 0 Å². The van der Waals surface area contributed by atoms with Crippen molar-refractivity contribution in [3.63, 3.8) is 0 Å². The smallest absolute Gasteiger partial charge is 0.179 e. The molecule has 1 N–H and O–H groups in total. The van der Waals surface area contributed by atoms with Crippen molar-refractivity contribution in [2.75, 3.05) is 7.11 Å². The summed E-state index contributed by atoms with van der Waals surface area (Å²) in [4.78, 5) is 16.2. The summed E-state index contributed by atoms with van der Waals surface area (Å²) >= 11 is 0. The Bertz CT molecular complexity index is 552. The second-order valence-corrected chi connectivity index (χ2v) is 4.55. The molecule has 1 aromatic heterocycles. The number of benzene rings is 1. The van der Waals surface area contributed by atoms with Crippen molar-refractivity contribution in [1.29, 1.82) is 0 Å². The molecule has 1 aromatic carbocycles. The average molecular weight is 270 g/mol. The lowest BCUT2D eigenvalue weighted by Gasteiger charge is -2.13. The molecule has 1 heterocycles. The molecular formula is C16H18N2O2. The fourth-order valence-corrected chi connectivity index (χ4v) is 1.87. The Morgan fingerprint density at radius 2 is 1.85 bits per heavy atom. The molecule has 0 saturated heterocycles. The van der Waals surface area contributed by atoms with E-state index in [4.69, 9.17) is 4.74 Å². The molecule has 1 unspecified atom stereocenters. The largest absolute Gasteiger partial charge is 0.497 e. The van der Waals surface area contributed by atoms with Crippen LogP contribution in [0.25, 0.3) is 0 Å². The fraction of sp³-hybridized carbons (Fsp3) is 0.250. The summed E-state index contributed by atoms with van der Waals surface area (Å²) in [5, 5.41) is 3.22. The highest BCUT2D eigenvalue weighted by Crippen LogP contribution is 2.13. The van der Waals surface area contributed by atoms with Crippen LogP contribution in [-0.4, -0.2) is 23.9 Å². The van der Waals surface area contributed by atoms with Crippen LogP contribution in [0.4, 0.5) is 0 Å². The van der Waals surface area contributed by atoms with Gasteiger partial charge in [-0.3, -0.25) is 9.78 Å². The third-order valence-corrected chi connectivity index (χ3v) is 3.13. The van der Waals surface area contributed by atoms with Gasteiger partial charge in [0.1, 0.15) is 5.75 Å². The van der Waals surface area contributed by atoms with E-state index in [1.54, 1.807) is 43.8 Å². The predicted molar refractivity (Wildman–Crippen MR) is 77.9 cm³/mol. The second-order valence-electron chi connectivity index (χ2n) is 4.55. The first kappa shape index (κ1) is 14.2. The van der Waals surface area contributed by atoms with Gasteiger partial charge in [-0.15, -0.1) is 0 Å². The lowest BCUT2D eigenvalue weighted by molar-refractivity contribution is 0.0950. The molecule has 0 radical (unpaired) electrons. The van der Waals surface area contributed by atoms with Crippen molar-refractivity contribution < 1.29 is 9.53 Å². The molecule has 0 bridgehead atoms. The third kappa shape index (κ3) is 3.65. The first-order chi connectivity index (χ1) is 9.70. The van der Waals surface area contributed by atoms with Gasteiger partial charge in [-0.1, -0.05) is 0 Å². The lowest BCUT2D eigenvalue weighted by atomic mass is 10.1. The van der Waals surface area contributed by atoms with Crippen molar-refractivity contribution in [3.8, 4) is 5.75 Å². The first-order valence-electron chi connectivity index (χ1n) is 6.51. The minimum atomic E-state index is -0.239. The van der Waals surface area contributed by atoms with Crippen LogP contribution < -0.4 is 10.1 Å². The van der Waals surface area contributed by atoms with E-state index in [0.717, 1.165) is 11.3 Å². The van der Waals surface area contributed by atoms with E-state index in [2.05, 4.69) is 10.3 Å². The summed E-state index contributed by atoms with van der Waals surface area (Å²) in [6.45, 7) is 2.51. The molecule has 0 spiro atoms. The van der Waals surface area contributed by atoms with Crippen LogP contribution in [0.1, 0.15) is 22.8 Å². The standard InChI is InChI=1S/C16H18N2O2/c1-12(18-11-13-7-9-17-10-8-13)16(19)14-3-5-15(20-2)6-4-14/h3-10,12,18H,11H2,1-2H3. The maximum absolute atomic E-state index is 12.2. The van der Waals surface area contributed by atoms with Gasteiger partial charge in [-0.2, -0.15) is 0 Å². The number of carbonyl (C=O) groups excluding carboxylic acids is 1. The summed E-state index contributed by atoms with van der Waals surface area (Å²) in [6, 6.07) is 10.8. The van der Waals surface area contributed by atoms with E-state index >= 15 is 0 Å². The van der Waals surface area contributed by atoms with Gasteiger partial charge in [-0.25, -0.2) is 0 Å². The lowest BCUT2D eigenvalue weighted by Crippen LogP contribution is -2.33. The SMILES string of the molecule is COc1ccc(C(=O)C(C)NCc2ccncc2)cc1. The fourth-order valence-electron chi connectivity index (χ4n) is 1.87. The zero-order chi connectivity index (χ0) is 14.4. The number of nitrogens with one attached hydrogen (secondary N) is 1. The molecule has 0 fully saturated rings. The van der Waals surface area contributed by atoms with E-state index in [9.17, 15) is 4.79 Å².